The number of nitrogens with two attached hydrogens (primary N) is 1. The van der Waals surface area contributed by atoms with E-state index in [9.17, 15) is 10.2 Å². The zero-order chi connectivity index (χ0) is 15.0. The van der Waals surface area contributed by atoms with Crippen LogP contribution in [0.15, 0.2) is 30.3 Å². The van der Waals surface area contributed by atoms with Crippen molar-refractivity contribution in [2.75, 3.05) is 12.3 Å². The number of nitrogen functional groups attached to an aromatic ring is 1. The number of phenols is 2. The standard InChI is InChI=1S/C17H20N2O2/c1-10-6-11(2-3-14(10)18)7-15-13-9-17(21)16(20)8-12(13)4-5-19-15/h2-3,6,8-9,15,19-21H,4-5,7,18H2,1H3. The molecule has 1 unspecified atom stereocenters. The molecule has 4 heteroatoms. The van der Waals surface area contributed by atoms with Crippen LogP contribution in [0.5, 0.6) is 11.5 Å². The maximum Gasteiger partial charge on any atom is 0.157 e. The second kappa shape index (κ2) is 5.30. The summed E-state index contributed by atoms with van der Waals surface area (Å²) in [6, 6.07) is 9.56. The molecule has 21 heavy (non-hydrogen) atoms. The summed E-state index contributed by atoms with van der Waals surface area (Å²) in [7, 11) is 0. The minimum absolute atomic E-state index is 0.0438. The summed E-state index contributed by atoms with van der Waals surface area (Å²) in [6.07, 6.45) is 1.69. The van der Waals surface area contributed by atoms with Gasteiger partial charge in [0.1, 0.15) is 0 Å². The monoisotopic (exact) mass is 284 g/mol. The van der Waals surface area contributed by atoms with Crippen LogP contribution in [0.3, 0.4) is 0 Å². The van der Waals surface area contributed by atoms with E-state index >= 15 is 0 Å². The van der Waals surface area contributed by atoms with Crippen LogP contribution >= 0.6 is 0 Å². The van der Waals surface area contributed by atoms with Gasteiger partial charge in [-0.05, 0) is 66.8 Å². The van der Waals surface area contributed by atoms with Crippen molar-refractivity contribution in [3.8, 4) is 11.5 Å². The zero-order valence-electron chi connectivity index (χ0n) is 12.1. The van der Waals surface area contributed by atoms with Gasteiger partial charge in [-0.3, -0.25) is 0 Å². The number of aromatic hydroxyl groups is 2. The summed E-state index contributed by atoms with van der Waals surface area (Å²) in [6.45, 7) is 2.88. The highest BCUT2D eigenvalue weighted by Gasteiger charge is 2.22. The van der Waals surface area contributed by atoms with Crippen molar-refractivity contribution >= 4 is 5.69 Å². The van der Waals surface area contributed by atoms with E-state index in [1.807, 2.05) is 19.1 Å². The van der Waals surface area contributed by atoms with E-state index in [-0.39, 0.29) is 17.5 Å². The molecule has 0 saturated heterocycles. The van der Waals surface area contributed by atoms with Crippen molar-refractivity contribution in [1.29, 1.82) is 0 Å². The summed E-state index contributed by atoms with van der Waals surface area (Å²) in [5.41, 5.74) is 11.1. The minimum atomic E-state index is -0.0593. The molecule has 0 amide bonds. The van der Waals surface area contributed by atoms with Gasteiger partial charge in [0.05, 0.1) is 0 Å². The van der Waals surface area contributed by atoms with E-state index in [4.69, 9.17) is 5.73 Å². The van der Waals surface area contributed by atoms with Crippen LogP contribution in [0.25, 0.3) is 0 Å². The average Bonchev–Trinajstić information content (AvgIpc) is 2.45. The second-order valence-corrected chi connectivity index (χ2v) is 5.69. The van der Waals surface area contributed by atoms with Gasteiger partial charge in [0.2, 0.25) is 0 Å². The van der Waals surface area contributed by atoms with Crippen LogP contribution in [-0.4, -0.2) is 16.8 Å². The molecule has 3 rings (SSSR count). The van der Waals surface area contributed by atoms with E-state index in [1.165, 1.54) is 5.56 Å². The number of phenolic OH excluding ortho intramolecular Hbond substituents is 2. The maximum atomic E-state index is 9.75. The lowest BCUT2D eigenvalue weighted by Gasteiger charge is -2.27. The van der Waals surface area contributed by atoms with Crippen LogP contribution in [-0.2, 0) is 12.8 Å². The summed E-state index contributed by atoms with van der Waals surface area (Å²) in [4.78, 5) is 0. The Morgan fingerprint density at radius 1 is 1.19 bits per heavy atom. The first kappa shape index (κ1) is 13.8. The summed E-state index contributed by atoms with van der Waals surface area (Å²) in [5.74, 6) is -0.103. The molecule has 1 aliphatic rings. The van der Waals surface area contributed by atoms with Gasteiger partial charge in [-0.1, -0.05) is 12.1 Å². The van der Waals surface area contributed by atoms with Crippen LogP contribution in [0.2, 0.25) is 0 Å². The molecule has 4 nitrogen and oxygen atoms in total. The molecule has 2 aromatic rings. The van der Waals surface area contributed by atoms with E-state index in [0.29, 0.717) is 0 Å². The smallest absolute Gasteiger partial charge is 0.157 e. The average molecular weight is 284 g/mol. The summed E-state index contributed by atoms with van der Waals surface area (Å²) in [5, 5.41) is 22.9. The fraction of sp³-hybridized carbons (Fsp3) is 0.294. The summed E-state index contributed by atoms with van der Waals surface area (Å²) >= 11 is 0. The normalized spacial score (nSPS) is 17.5. The Morgan fingerprint density at radius 3 is 2.71 bits per heavy atom. The van der Waals surface area contributed by atoms with Crippen molar-refractivity contribution < 1.29 is 10.2 Å². The largest absolute Gasteiger partial charge is 0.504 e. The molecule has 2 aromatic carbocycles. The SMILES string of the molecule is Cc1cc(CC2NCCc3cc(O)c(O)cc32)ccc1N. The Hall–Kier alpha value is -2.20. The lowest BCUT2D eigenvalue weighted by atomic mass is 9.89. The number of aryl methyl sites for hydroxylation is 1. The Balaban J connectivity index is 1.91. The maximum absolute atomic E-state index is 9.75. The van der Waals surface area contributed by atoms with Crippen molar-refractivity contribution in [2.45, 2.75) is 25.8 Å². The number of benzene rings is 2. The Labute approximate surface area is 124 Å². The van der Waals surface area contributed by atoms with Gasteiger partial charge in [0.25, 0.3) is 0 Å². The third-order valence-corrected chi connectivity index (χ3v) is 4.17. The van der Waals surface area contributed by atoms with Gasteiger partial charge in [0, 0.05) is 11.7 Å². The number of rotatable bonds is 2. The van der Waals surface area contributed by atoms with Crippen LogP contribution in [0.4, 0.5) is 5.69 Å². The van der Waals surface area contributed by atoms with E-state index in [0.717, 1.165) is 41.8 Å². The van der Waals surface area contributed by atoms with Gasteiger partial charge >= 0.3 is 0 Å². The van der Waals surface area contributed by atoms with Gasteiger partial charge < -0.3 is 21.3 Å². The predicted molar refractivity (Wildman–Crippen MR) is 83.5 cm³/mol. The number of hydrogen-bond acceptors (Lipinski definition) is 4. The van der Waals surface area contributed by atoms with Crippen molar-refractivity contribution in [3.05, 3.63) is 52.6 Å². The van der Waals surface area contributed by atoms with E-state index in [2.05, 4.69) is 11.4 Å². The first-order valence-electron chi connectivity index (χ1n) is 7.17. The molecule has 0 spiro atoms. The highest BCUT2D eigenvalue weighted by molar-refractivity contribution is 5.50. The van der Waals surface area contributed by atoms with Gasteiger partial charge in [-0.15, -0.1) is 0 Å². The molecule has 1 aliphatic heterocycles. The number of fused-ring (bicyclic) bond motifs is 1. The lowest BCUT2D eigenvalue weighted by molar-refractivity contribution is 0.398. The van der Waals surface area contributed by atoms with Gasteiger partial charge in [-0.25, -0.2) is 0 Å². The summed E-state index contributed by atoms with van der Waals surface area (Å²) < 4.78 is 0. The van der Waals surface area contributed by atoms with Crippen molar-refractivity contribution in [3.63, 3.8) is 0 Å². The lowest BCUT2D eigenvalue weighted by Crippen LogP contribution is -2.31. The fourth-order valence-corrected chi connectivity index (χ4v) is 2.95. The van der Waals surface area contributed by atoms with Crippen LogP contribution in [0.1, 0.15) is 28.3 Å². The molecular weight excluding hydrogens is 264 g/mol. The minimum Gasteiger partial charge on any atom is -0.504 e. The van der Waals surface area contributed by atoms with Crippen LogP contribution < -0.4 is 11.1 Å². The zero-order valence-corrected chi connectivity index (χ0v) is 12.1. The molecule has 0 radical (unpaired) electrons. The Kier molecular flexibility index (Phi) is 3.47. The molecule has 0 aromatic heterocycles. The van der Waals surface area contributed by atoms with E-state index in [1.54, 1.807) is 12.1 Å². The second-order valence-electron chi connectivity index (χ2n) is 5.69. The first-order valence-corrected chi connectivity index (χ1v) is 7.17. The molecule has 0 saturated carbocycles. The third kappa shape index (κ3) is 2.67. The quantitative estimate of drug-likeness (QED) is 0.504. The molecule has 110 valence electrons. The van der Waals surface area contributed by atoms with Gasteiger partial charge in [0.15, 0.2) is 11.5 Å². The topological polar surface area (TPSA) is 78.5 Å². The molecular formula is C17H20N2O2. The number of hydrogen-bond donors (Lipinski definition) is 4. The number of nitrogens with one attached hydrogen (secondary N) is 1. The Bertz CT molecular complexity index is 683. The van der Waals surface area contributed by atoms with Gasteiger partial charge in [-0.2, -0.15) is 0 Å². The van der Waals surface area contributed by atoms with Crippen molar-refractivity contribution in [1.82, 2.24) is 5.32 Å². The highest BCUT2D eigenvalue weighted by Crippen LogP contribution is 2.35. The molecule has 5 N–H and O–H groups in total. The molecule has 0 bridgehead atoms. The Morgan fingerprint density at radius 2 is 1.95 bits per heavy atom. The first-order chi connectivity index (χ1) is 10.0. The highest BCUT2D eigenvalue weighted by atomic mass is 16.3. The van der Waals surface area contributed by atoms with Crippen LogP contribution in [0, 0.1) is 6.92 Å². The fourth-order valence-electron chi connectivity index (χ4n) is 2.95. The van der Waals surface area contributed by atoms with E-state index < -0.39 is 0 Å². The molecule has 1 atom stereocenters. The molecule has 0 fully saturated rings. The van der Waals surface area contributed by atoms with Crippen molar-refractivity contribution in [2.24, 2.45) is 0 Å². The molecule has 1 heterocycles. The number of anilines is 1. The predicted octanol–water partition coefficient (Wildman–Crippen LogP) is 2.42. The molecule has 0 aliphatic carbocycles. The third-order valence-electron chi connectivity index (χ3n) is 4.17.